The summed E-state index contributed by atoms with van der Waals surface area (Å²) in [6, 6.07) is 12.1. The molecule has 3 aromatic carbocycles. The number of fused-ring (bicyclic) bond motifs is 3. The topological polar surface area (TPSA) is 129 Å². The van der Waals surface area contributed by atoms with Crippen molar-refractivity contribution in [2.45, 2.75) is 30.7 Å². The molecule has 0 amide bonds. The molecular weight excluding hydrogens is 380 g/mol. The summed E-state index contributed by atoms with van der Waals surface area (Å²) in [5.74, 6) is 0.994. The molecule has 0 radical (unpaired) electrons. The highest BCUT2D eigenvalue weighted by atomic mass is 16.7. The van der Waals surface area contributed by atoms with Crippen molar-refractivity contribution in [1.29, 1.82) is 0 Å². The number of hydrogen-bond acceptors (Lipinski definition) is 8. The molecule has 0 bridgehead atoms. The Hall–Kier alpha value is -2.62. The van der Waals surface area contributed by atoms with Crippen molar-refractivity contribution >= 4 is 21.5 Å². The van der Waals surface area contributed by atoms with E-state index in [9.17, 15) is 25.5 Å². The first-order valence-electron chi connectivity index (χ1n) is 9.13. The van der Waals surface area contributed by atoms with Crippen LogP contribution in [-0.4, -0.2) is 70.0 Å². The fourth-order valence-electron chi connectivity index (χ4n) is 3.65. The van der Waals surface area contributed by atoms with Crippen LogP contribution < -0.4 is 9.47 Å². The number of methoxy groups -OCH3 is 1. The van der Waals surface area contributed by atoms with Crippen LogP contribution in [0.4, 0.5) is 0 Å². The summed E-state index contributed by atoms with van der Waals surface area (Å²) in [7, 11) is 1.52. The number of benzene rings is 3. The molecule has 1 fully saturated rings. The van der Waals surface area contributed by atoms with Crippen LogP contribution in [-0.2, 0) is 4.74 Å². The summed E-state index contributed by atoms with van der Waals surface area (Å²) in [6.45, 7) is -0.537. The van der Waals surface area contributed by atoms with Crippen LogP contribution in [0.1, 0.15) is 0 Å². The van der Waals surface area contributed by atoms with Gasteiger partial charge in [-0.05, 0) is 40.4 Å². The number of aliphatic hydroxyl groups is 4. The lowest BCUT2D eigenvalue weighted by molar-refractivity contribution is -0.277. The van der Waals surface area contributed by atoms with Gasteiger partial charge in [0.1, 0.15) is 41.7 Å². The van der Waals surface area contributed by atoms with Crippen LogP contribution in [0.15, 0.2) is 42.5 Å². The summed E-state index contributed by atoms with van der Waals surface area (Å²) in [4.78, 5) is 0. The minimum Gasteiger partial charge on any atom is -0.508 e. The number of ether oxygens (including phenoxy) is 3. The maximum absolute atomic E-state index is 10.2. The summed E-state index contributed by atoms with van der Waals surface area (Å²) < 4.78 is 16.7. The minimum absolute atomic E-state index is 0.165. The fourth-order valence-corrected chi connectivity index (χ4v) is 3.65. The van der Waals surface area contributed by atoms with E-state index < -0.39 is 37.3 Å². The van der Waals surface area contributed by atoms with Crippen molar-refractivity contribution in [3.8, 4) is 17.2 Å². The van der Waals surface area contributed by atoms with E-state index in [1.54, 1.807) is 30.3 Å². The highest BCUT2D eigenvalue weighted by Gasteiger charge is 2.44. The van der Waals surface area contributed by atoms with Crippen molar-refractivity contribution in [2.24, 2.45) is 0 Å². The molecule has 5 N–H and O–H groups in total. The van der Waals surface area contributed by atoms with Crippen LogP contribution >= 0.6 is 0 Å². The van der Waals surface area contributed by atoms with Gasteiger partial charge in [0.25, 0.3) is 0 Å². The van der Waals surface area contributed by atoms with Gasteiger partial charge in [-0.15, -0.1) is 0 Å². The number of phenolic OH excluding ortho intramolecular Hbond substituents is 1. The SMILES string of the molecule is COc1cc(O[C@H]2O[C@H](CO)[C@@H](O)[C@H](O)[C@H]2O)cc2ccc3cc(O)ccc3c12. The number of rotatable bonds is 4. The first kappa shape index (κ1) is 19.7. The van der Waals surface area contributed by atoms with Crippen molar-refractivity contribution in [3.63, 3.8) is 0 Å². The van der Waals surface area contributed by atoms with Crippen molar-refractivity contribution in [2.75, 3.05) is 13.7 Å². The van der Waals surface area contributed by atoms with Crippen LogP contribution in [0.5, 0.6) is 17.2 Å². The zero-order chi connectivity index (χ0) is 20.7. The number of aromatic hydroxyl groups is 1. The Labute approximate surface area is 166 Å². The fraction of sp³-hybridized carbons (Fsp3) is 0.333. The maximum Gasteiger partial charge on any atom is 0.229 e. The first-order chi connectivity index (χ1) is 13.9. The van der Waals surface area contributed by atoms with Gasteiger partial charge in [-0.25, -0.2) is 0 Å². The first-order valence-corrected chi connectivity index (χ1v) is 9.13. The zero-order valence-electron chi connectivity index (χ0n) is 15.6. The molecule has 1 aliphatic heterocycles. The quantitative estimate of drug-likeness (QED) is 0.407. The van der Waals surface area contributed by atoms with Gasteiger partial charge in [0, 0.05) is 11.5 Å². The largest absolute Gasteiger partial charge is 0.508 e. The molecule has 8 nitrogen and oxygen atoms in total. The average Bonchev–Trinajstić information content (AvgIpc) is 2.73. The second kappa shape index (κ2) is 7.66. The normalized spacial score (nSPS) is 27.3. The average molecular weight is 402 g/mol. The van der Waals surface area contributed by atoms with Crippen LogP contribution in [0.3, 0.4) is 0 Å². The molecule has 0 aromatic heterocycles. The smallest absolute Gasteiger partial charge is 0.229 e. The highest BCUT2D eigenvalue weighted by molar-refractivity contribution is 6.11. The highest BCUT2D eigenvalue weighted by Crippen LogP contribution is 2.38. The lowest BCUT2D eigenvalue weighted by Gasteiger charge is -2.39. The van der Waals surface area contributed by atoms with Crippen LogP contribution in [0.25, 0.3) is 21.5 Å². The van der Waals surface area contributed by atoms with Gasteiger partial charge < -0.3 is 39.7 Å². The maximum atomic E-state index is 10.2. The van der Waals surface area contributed by atoms with Gasteiger partial charge in [-0.3, -0.25) is 0 Å². The minimum atomic E-state index is -1.52. The van der Waals surface area contributed by atoms with Gasteiger partial charge in [0.2, 0.25) is 6.29 Å². The summed E-state index contributed by atoms with van der Waals surface area (Å²) in [5, 5.41) is 52.4. The van der Waals surface area contributed by atoms with Gasteiger partial charge >= 0.3 is 0 Å². The van der Waals surface area contributed by atoms with E-state index in [-0.39, 0.29) is 5.75 Å². The van der Waals surface area contributed by atoms with E-state index in [1.807, 2.05) is 12.1 Å². The van der Waals surface area contributed by atoms with Crippen molar-refractivity contribution in [1.82, 2.24) is 0 Å². The third-order valence-corrected chi connectivity index (χ3v) is 5.17. The van der Waals surface area contributed by atoms with Gasteiger partial charge in [0.15, 0.2) is 0 Å². The predicted molar refractivity (Wildman–Crippen MR) is 104 cm³/mol. The Morgan fingerprint density at radius 3 is 2.41 bits per heavy atom. The molecule has 8 heteroatoms. The second-order valence-corrected chi connectivity index (χ2v) is 7.01. The molecular formula is C21H22O8. The number of hydrogen-bond donors (Lipinski definition) is 5. The van der Waals surface area contributed by atoms with Gasteiger partial charge in [-0.1, -0.05) is 12.1 Å². The molecule has 1 aliphatic rings. The molecule has 4 rings (SSSR count). The van der Waals surface area contributed by atoms with E-state index in [2.05, 4.69) is 0 Å². The standard InChI is InChI=1S/C21H22O8/c1-27-15-8-13(28-21-20(26)19(25)18(24)16(9-22)29-21)7-11-3-2-10-6-12(23)4-5-14(10)17(11)15/h2-8,16,18-26H,9H2,1H3/t16-,18-,19+,20-,21+/m1/s1. The molecule has 154 valence electrons. The second-order valence-electron chi connectivity index (χ2n) is 7.01. The lowest BCUT2D eigenvalue weighted by Crippen LogP contribution is -2.60. The molecule has 3 aromatic rings. The Balaban J connectivity index is 1.73. The monoisotopic (exact) mass is 402 g/mol. The molecule has 0 unspecified atom stereocenters. The van der Waals surface area contributed by atoms with E-state index in [0.717, 1.165) is 21.5 Å². The van der Waals surface area contributed by atoms with E-state index in [4.69, 9.17) is 14.2 Å². The van der Waals surface area contributed by atoms with Crippen molar-refractivity contribution < 1.29 is 39.7 Å². The lowest BCUT2D eigenvalue weighted by atomic mass is 9.99. The molecule has 1 heterocycles. The third-order valence-electron chi connectivity index (χ3n) is 5.17. The van der Waals surface area contributed by atoms with Crippen LogP contribution in [0, 0.1) is 0 Å². The Kier molecular flexibility index (Phi) is 5.20. The van der Waals surface area contributed by atoms with Crippen molar-refractivity contribution in [3.05, 3.63) is 42.5 Å². The van der Waals surface area contributed by atoms with Gasteiger partial charge in [-0.2, -0.15) is 0 Å². The Morgan fingerprint density at radius 2 is 1.69 bits per heavy atom. The molecule has 0 spiro atoms. The summed E-state index contributed by atoms with van der Waals surface area (Å²) in [6.07, 6.45) is -6.83. The molecule has 0 saturated carbocycles. The summed E-state index contributed by atoms with van der Waals surface area (Å²) >= 11 is 0. The number of phenols is 1. The van der Waals surface area contributed by atoms with E-state index in [1.165, 1.54) is 7.11 Å². The zero-order valence-corrected chi connectivity index (χ0v) is 15.6. The molecule has 0 aliphatic carbocycles. The Bertz CT molecular complexity index is 1030. The van der Waals surface area contributed by atoms with E-state index in [0.29, 0.717) is 11.5 Å². The molecule has 5 atom stereocenters. The van der Waals surface area contributed by atoms with Crippen LogP contribution in [0.2, 0.25) is 0 Å². The van der Waals surface area contributed by atoms with Gasteiger partial charge in [0.05, 0.1) is 13.7 Å². The molecule has 29 heavy (non-hydrogen) atoms. The number of aliphatic hydroxyl groups excluding tert-OH is 4. The third kappa shape index (κ3) is 3.45. The predicted octanol–water partition coefficient (Wildman–Crippen LogP) is 0.886. The Morgan fingerprint density at radius 1 is 0.931 bits per heavy atom. The van der Waals surface area contributed by atoms with E-state index >= 15 is 0 Å². The summed E-state index contributed by atoms with van der Waals surface area (Å²) in [5.41, 5.74) is 0. The molecule has 1 saturated heterocycles.